The summed E-state index contributed by atoms with van der Waals surface area (Å²) in [7, 11) is -4.18. The van der Waals surface area contributed by atoms with Crippen molar-refractivity contribution in [3.05, 3.63) is 99.5 Å². The zero-order valence-electron chi connectivity index (χ0n) is 16.3. The summed E-state index contributed by atoms with van der Waals surface area (Å²) in [5.74, 6) is -0.710. The Morgan fingerprint density at radius 3 is 2.27 bits per heavy atom. The van der Waals surface area contributed by atoms with Gasteiger partial charge in [-0.2, -0.15) is 4.31 Å². The van der Waals surface area contributed by atoms with Crippen LogP contribution in [0, 0.1) is 13.8 Å². The lowest BCUT2D eigenvalue weighted by atomic mass is 10.1. The summed E-state index contributed by atoms with van der Waals surface area (Å²) in [6, 6.07) is 18.0. The monoisotopic (exact) mass is 459 g/mol. The summed E-state index contributed by atoms with van der Waals surface area (Å²) in [6.45, 7) is 3.59. The van der Waals surface area contributed by atoms with Gasteiger partial charge in [-0.15, -0.1) is 0 Å². The number of sulfonamides is 1. The molecule has 0 atom stereocenters. The van der Waals surface area contributed by atoms with E-state index in [1.54, 1.807) is 43.3 Å². The molecule has 0 bridgehead atoms. The van der Waals surface area contributed by atoms with Crippen LogP contribution in [0.15, 0.2) is 77.7 Å². The number of anilines is 1. The maximum absolute atomic E-state index is 13.4. The fourth-order valence-corrected chi connectivity index (χ4v) is 4.62. The highest BCUT2D eigenvalue weighted by molar-refractivity contribution is 7.93. The lowest BCUT2D eigenvalue weighted by Gasteiger charge is -2.23. The highest BCUT2D eigenvalue weighted by atomic mass is 35.5. The Labute approximate surface area is 186 Å². The number of nitrogens with zero attached hydrogens (tertiary/aromatic N) is 1. The van der Waals surface area contributed by atoms with Crippen molar-refractivity contribution in [2.75, 3.05) is 4.31 Å². The van der Waals surface area contributed by atoms with Crippen LogP contribution in [0.5, 0.6) is 0 Å². The highest BCUT2D eigenvalue weighted by Crippen LogP contribution is 2.29. The summed E-state index contributed by atoms with van der Waals surface area (Å²) in [4.78, 5) is 13.1. The SMILES string of the molecule is Cc1ccc(C)c(N(C(=O)/C=C/c2ccccc2Cl)S(=O)(=O)c2ccc(Cl)cc2)c1. The Morgan fingerprint density at radius 2 is 1.60 bits per heavy atom. The number of hydrogen-bond donors (Lipinski definition) is 0. The maximum atomic E-state index is 13.4. The van der Waals surface area contributed by atoms with E-state index >= 15 is 0 Å². The third-order valence-electron chi connectivity index (χ3n) is 4.45. The Morgan fingerprint density at radius 1 is 0.933 bits per heavy atom. The number of hydrogen-bond acceptors (Lipinski definition) is 3. The van der Waals surface area contributed by atoms with E-state index in [0.717, 1.165) is 9.87 Å². The molecule has 0 saturated carbocycles. The van der Waals surface area contributed by atoms with Gasteiger partial charge in [-0.25, -0.2) is 8.42 Å². The molecule has 0 saturated heterocycles. The number of rotatable bonds is 5. The van der Waals surface area contributed by atoms with Crippen LogP contribution in [0.25, 0.3) is 6.08 Å². The van der Waals surface area contributed by atoms with Crippen LogP contribution in [0.1, 0.15) is 16.7 Å². The molecule has 0 heterocycles. The molecular weight excluding hydrogens is 441 g/mol. The molecule has 3 aromatic rings. The number of benzene rings is 3. The van der Waals surface area contributed by atoms with E-state index in [-0.39, 0.29) is 4.90 Å². The predicted molar refractivity (Wildman–Crippen MR) is 123 cm³/mol. The predicted octanol–water partition coefficient (Wildman–Crippen LogP) is 6.05. The molecule has 7 heteroatoms. The molecular formula is C23H19Cl2NO3S. The first kappa shape index (κ1) is 22.1. The van der Waals surface area contributed by atoms with Crippen molar-refractivity contribution >= 4 is 50.9 Å². The number of halogens is 2. The second kappa shape index (κ2) is 9.04. The van der Waals surface area contributed by atoms with E-state index in [2.05, 4.69) is 0 Å². The smallest absolute Gasteiger partial charge is 0.268 e. The van der Waals surface area contributed by atoms with Crippen LogP contribution in [0.4, 0.5) is 5.69 Å². The average molecular weight is 460 g/mol. The maximum Gasteiger partial charge on any atom is 0.271 e. The topological polar surface area (TPSA) is 54.5 Å². The summed E-state index contributed by atoms with van der Waals surface area (Å²) >= 11 is 12.0. The van der Waals surface area contributed by atoms with E-state index in [4.69, 9.17) is 23.2 Å². The molecule has 0 aromatic heterocycles. The van der Waals surface area contributed by atoms with Gasteiger partial charge < -0.3 is 0 Å². The first-order chi connectivity index (χ1) is 14.2. The van der Waals surface area contributed by atoms with Gasteiger partial charge in [0, 0.05) is 16.1 Å². The average Bonchev–Trinajstić information content (AvgIpc) is 2.70. The van der Waals surface area contributed by atoms with Crippen LogP contribution >= 0.6 is 23.2 Å². The first-order valence-electron chi connectivity index (χ1n) is 9.05. The van der Waals surface area contributed by atoms with Gasteiger partial charge >= 0.3 is 0 Å². The molecule has 0 spiro atoms. The molecule has 0 fully saturated rings. The van der Waals surface area contributed by atoms with Crippen LogP contribution in [-0.4, -0.2) is 14.3 Å². The van der Waals surface area contributed by atoms with E-state index < -0.39 is 15.9 Å². The van der Waals surface area contributed by atoms with E-state index in [1.165, 1.54) is 36.4 Å². The van der Waals surface area contributed by atoms with E-state index in [9.17, 15) is 13.2 Å². The Hall–Kier alpha value is -2.60. The van der Waals surface area contributed by atoms with Gasteiger partial charge in [-0.05, 0) is 73.0 Å². The molecule has 3 aromatic carbocycles. The van der Waals surface area contributed by atoms with Crippen molar-refractivity contribution in [3.8, 4) is 0 Å². The zero-order chi connectivity index (χ0) is 21.9. The highest BCUT2D eigenvalue weighted by Gasteiger charge is 2.31. The molecule has 3 rings (SSSR count). The molecule has 0 N–H and O–H groups in total. The van der Waals surface area contributed by atoms with Crippen LogP contribution < -0.4 is 4.31 Å². The molecule has 0 aliphatic heterocycles. The molecule has 0 aliphatic carbocycles. The number of carbonyl (C=O) groups excluding carboxylic acids is 1. The Kier molecular flexibility index (Phi) is 6.66. The van der Waals surface area contributed by atoms with Crippen molar-refractivity contribution in [1.29, 1.82) is 0 Å². The third kappa shape index (κ3) is 4.75. The van der Waals surface area contributed by atoms with Crippen molar-refractivity contribution in [3.63, 3.8) is 0 Å². The largest absolute Gasteiger partial charge is 0.271 e. The number of amides is 1. The minimum atomic E-state index is -4.18. The summed E-state index contributed by atoms with van der Waals surface area (Å²) in [6.07, 6.45) is 2.70. The molecule has 154 valence electrons. The van der Waals surface area contributed by atoms with Gasteiger partial charge in [0.05, 0.1) is 10.6 Å². The van der Waals surface area contributed by atoms with E-state index in [1.807, 2.05) is 13.0 Å². The van der Waals surface area contributed by atoms with Gasteiger partial charge in [0.25, 0.3) is 15.9 Å². The molecule has 4 nitrogen and oxygen atoms in total. The Balaban J connectivity index is 2.12. The van der Waals surface area contributed by atoms with E-state index in [0.29, 0.717) is 26.9 Å². The van der Waals surface area contributed by atoms with Gasteiger partial charge in [-0.3, -0.25) is 4.79 Å². The van der Waals surface area contributed by atoms with Crippen molar-refractivity contribution in [1.82, 2.24) is 0 Å². The second-order valence-electron chi connectivity index (χ2n) is 6.71. The normalized spacial score (nSPS) is 11.6. The van der Waals surface area contributed by atoms with Crippen molar-refractivity contribution in [2.24, 2.45) is 0 Å². The quantitative estimate of drug-likeness (QED) is 0.436. The van der Waals surface area contributed by atoms with Crippen molar-refractivity contribution < 1.29 is 13.2 Å². The van der Waals surface area contributed by atoms with Gasteiger partial charge in [0.15, 0.2) is 0 Å². The van der Waals surface area contributed by atoms with Crippen molar-refractivity contribution in [2.45, 2.75) is 18.7 Å². The number of aryl methyl sites for hydroxylation is 2. The lowest BCUT2D eigenvalue weighted by molar-refractivity contribution is -0.113. The minimum absolute atomic E-state index is 0.0349. The van der Waals surface area contributed by atoms with Crippen LogP contribution in [0.3, 0.4) is 0 Å². The molecule has 30 heavy (non-hydrogen) atoms. The second-order valence-corrected chi connectivity index (χ2v) is 9.34. The molecule has 1 amide bonds. The van der Waals surface area contributed by atoms with Gasteiger partial charge in [0.1, 0.15) is 0 Å². The molecule has 0 radical (unpaired) electrons. The molecule has 0 aliphatic rings. The van der Waals surface area contributed by atoms with Gasteiger partial charge in [-0.1, -0.05) is 53.5 Å². The zero-order valence-corrected chi connectivity index (χ0v) is 18.7. The first-order valence-corrected chi connectivity index (χ1v) is 11.2. The van der Waals surface area contributed by atoms with Crippen LogP contribution in [-0.2, 0) is 14.8 Å². The standard InChI is InChI=1S/C23H19Cl2NO3S/c1-16-7-8-17(2)22(15-16)26(30(28,29)20-12-10-19(24)11-13-20)23(27)14-9-18-5-3-4-6-21(18)25/h3-15H,1-2H3/b14-9+. The minimum Gasteiger partial charge on any atom is -0.268 e. The summed E-state index contributed by atoms with van der Waals surface area (Å²) in [5, 5.41) is 0.859. The molecule has 0 unspecified atom stereocenters. The Bertz CT molecular complexity index is 1220. The fourth-order valence-electron chi connectivity index (χ4n) is 2.86. The summed E-state index contributed by atoms with van der Waals surface area (Å²) in [5.41, 5.74) is 2.38. The van der Waals surface area contributed by atoms with Crippen LogP contribution in [0.2, 0.25) is 10.0 Å². The number of carbonyl (C=O) groups is 1. The third-order valence-corrected chi connectivity index (χ3v) is 6.77. The summed E-state index contributed by atoms with van der Waals surface area (Å²) < 4.78 is 27.7. The fraction of sp³-hybridized carbons (Fsp3) is 0.0870. The lowest BCUT2D eigenvalue weighted by Crippen LogP contribution is -2.36. The van der Waals surface area contributed by atoms with Gasteiger partial charge in [0.2, 0.25) is 0 Å².